The molecule has 0 aromatic heterocycles. The summed E-state index contributed by atoms with van der Waals surface area (Å²) in [5.41, 5.74) is 6.65. The Labute approximate surface area is 110 Å². The first-order valence-electron chi connectivity index (χ1n) is 5.82. The van der Waals surface area contributed by atoms with Crippen LogP contribution < -0.4 is 5.73 Å². The number of nitrogens with two attached hydrogens (primary N) is 1. The highest BCUT2D eigenvalue weighted by atomic mass is 79.9. The zero-order valence-electron chi connectivity index (χ0n) is 10.3. The van der Waals surface area contributed by atoms with Crippen molar-refractivity contribution in [1.29, 1.82) is 0 Å². The molecular weight excluding hydrogens is 285 g/mol. The second kappa shape index (κ2) is 6.47. The van der Waals surface area contributed by atoms with E-state index in [9.17, 15) is 4.39 Å². The topological polar surface area (TPSA) is 35.2 Å². The third-order valence-corrected chi connectivity index (χ3v) is 3.97. The van der Waals surface area contributed by atoms with Crippen molar-refractivity contribution in [3.05, 3.63) is 34.1 Å². The van der Waals surface area contributed by atoms with Crippen LogP contribution in [-0.4, -0.2) is 12.1 Å². The van der Waals surface area contributed by atoms with Gasteiger partial charge in [-0.05, 0) is 40.4 Å². The zero-order chi connectivity index (χ0) is 12.9. The van der Waals surface area contributed by atoms with E-state index in [1.807, 2.05) is 19.9 Å². The van der Waals surface area contributed by atoms with Crippen LogP contribution in [0, 0.1) is 5.82 Å². The van der Waals surface area contributed by atoms with E-state index in [4.69, 9.17) is 10.5 Å². The van der Waals surface area contributed by atoms with Gasteiger partial charge in [-0.25, -0.2) is 4.39 Å². The molecule has 0 saturated carbocycles. The van der Waals surface area contributed by atoms with Crippen LogP contribution in [0.4, 0.5) is 4.39 Å². The second-order valence-corrected chi connectivity index (χ2v) is 5.07. The summed E-state index contributed by atoms with van der Waals surface area (Å²) in [4.78, 5) is 0. The molecule has 1 rings (SSSR count). The standard InChI is InChI=1S/C13H19BrFNO/c1-3-13(16,4-2)9-17-8-10-6-5-7-11(15)12(10)14/h5-7H,3-4,8-9,16H2,1-2H3. The first kappa shape index (κ1) is 14.6. The largest absolute Gasteiger partial charge is 0.375 e. The quantitative estimate of drug-likeness (QED) is 0.871. The third-order valence-electron chi connectivity index (χ3n) is 3.09. The molecule has 0 aliphatic heterocycles. The van der Waals surface area contributed by atoms with Crippen LogP contribution >= 0.6 is 15.9 Å². The lowest BCUT2D eigenvalue weighted by molar-refractivity contribution is 0.0692. The lowest BCUT2D eigenvalue weighted by Crippen LogP contribution is -2.43. The van der Waals surface area contributed by atoms with Crippen molar-refractivity contribution in [3.63, 3.8) is 0 Å². The van der Waals surface area contributed by atoms with Gasteiger partial charge in [0.2, 0.25) is 0 Å². The Bertz CT molecular complexity index is 366. The van der Waals surface area contributed by atoms with E-state index < -0.39 is 0 Å². The van der Waals surface area contributed by atoms with Gasteiger partial charge in [-0.2, -0.15) is 0 Å². The Morgan fingerprint density at radius 3 is 2.59 bits per heavy atom. The molecule has 96 valence electrons. The van der Waals surface area contributed by atoms with E-state index >= 15 is 0 Å². The summed E-state index contributed by atoms with van der Waals surface area (Å²) in [6.07, 6.45) is 1.74. The number of halogens is 2. The van der Waals surface area contributed by atoms with Gasteiger partial charge in [0.15, 0.2) is 0 Å². The van der Waals surface area contributed by atoms with Gasteiger partial charge in [0, 0.05) is 5.54 Å². The van der Waals surface area contributed by atoms with E-state index in [0.29, 0.717) is 17.7 Å². The molecule has 17 heavy (non-hydrogen) atoms. The number of rotatable bonds is 6. The fourth-order valence-electron chi connectivity index (χ4n) is 1.48. The summed E-state index contributed by atoms with van der Waals surface area (Å²) in [6.45, 7) is 4.95. The monoisotopic (exact) mass is 303 g/mol. The van der Waals surface area contributed by atoms with Gasteiger partial charge in [-0.1, -0.05) is 26.0 Å². The molecule has 0 fully saturated rings. The maximum Gasteiger partial charge on any atom is 0.137 e. The average Bonchev–Trinajstić information content (AvgIpc) is 2.34. The van der Waals surface area contributed by atoms with E-state index in [2.05, 4.69) is 15.9 Å². The number of hydrogen-bond acceptors (Lipinski definition) is 2. The first-order valence-corrected chi connectivity index (χ1v) is 6.61. The zero-order valence-corrected chi connectivity index (χ0v) is 11.9. The molecule has 0 unspecified atom stereocenters. The highest BCUT2D eigenvalue weighted by Crippen LogP contribution is 2.21. The van der Waals surface area contributed by atoms with Gasteiger partial charge < -0.3 is 10.5 Å². The van der Waals surface area contributed by atoms with Crippen LogP contribution in [-0.2, 0) is 11.3 Å². The minimum atomic E-state index is -0.278. The van der Waals surface area contributed by atoms with Gasteiger partial charge >= 0.3 is 0 Å². The second-order valence-electron chi connectivity index (χ2n) is 4.28. The molecule has 2 N–H and O–H groups in total. The van der Waals surface area contributed by atoms with E-state index in [0.717, 1.165) is 18.4 Å². The van der Waals surface area contributed by atoms with Crippen molar-refractivity contribution in [2.24, 2.45) is 5.73 Å². The number of hydrogen-bond donors (Lipinski definition) is 1. The Kier molecular flexibility index (Phi) is 5.56. The Morgan fingerprint density at radius 1 is 1.35 bits per heavy atom. The Morgan fingerprint density at radius 2 is 2.00 bits per heavy atom. The molecule has 0 atom stereocenters. The van der Waals surface area contributed by atoms with Crippen LogP contribution in [0.5, 0.6) is 0 Å². The molecule has 0 heterocycles. The van der Waals surface area contributed by atoms with Crippen molar-refractivity contribution in [1.82, 2.24) is 0 Å². The molecule has 0 radical (unpaired) electrons. The minimum absolute atomic E-state index is 0.268. The molecule has 0 aliphatic carbocycles. The molecule has 1 aromatic rings. The van der Waals surface area contributed by atoms with Crippen molar-refractivity contribution in [2.75, 3.05) is 6.61 Å². The van der Waals surface area contributed by atoms with Gasteiger partial charge in [0.1, 0.15) is 5.82 Å². The van der Waals surface area contributed by atoms with E-state index in [1.54, 1.807) is 6.07 Å². The molecule has 1 aromatic carbocycles. The Hall–Kier alpha value is -0.450. The van der Waals surface area contributed by atoms with Crippen molar-refractivity contribution < 1.29 is 9.13 Å². The minimum Gasteiger partial charge on any atom is -0.375 e. The molecule has 0 saturated heterocycles. The van der Waals surface area contributed by atoms with Gasteiger partial charge in [-0.15, -0.1) is 0 Å². The molecule has 0 spiro atoms. The average molecular weight is 304 g/mol. The molecule has 0 bridgehead atoms. The van der Waals surface area contributed by atoms with Gasteiger partial charge in [0.05, 0.1) is 17.7 Å². The maximum atomic E-state index is 13.2. The fourth-order valence-corrected chi connectivity index (χ4v) is 1.86. The summed E-state index contributed by atoms with van der Waals surface area (Å²) < 4.78 is 19.3. The maximum absolute atomic E-state index is 13.2. The van der Waals surface area contributed by atoms with Crippen LogP contribution in [0.1, 0.15) is 32.3 Å². The Balaban J connectivity index is 2.54. The highest BCUT2D eigenvalue weighted by Gasteiger charge is 2.20. The molecule has 4 heteroatoms. The molecular formula is C13H19BrFNO. The number of ether oxygens (including phenoxy) is 1. The third kappa shape index (κ3) is 4.05. The van der Waals surface area contributed by atoms with Crippen LogP contribution in [0.2, 0.25) is 0 Å². The smallest absolute Gasteiger partial charge is 0.137 e. The van der Waals surface area contributed by atoms with E-state index in [1.165, 1.54) is 6.07 Å². The normalized spacial score (nSPS) is 11.8. The van der Waals surface area contributed by atoms with Crippen molar-refractivity contribution in [3.8, 4) is 0 Å². The van der Waals surface area contributed by atoms with Crippen molar-refractivity contribution in [2.45, 2.75) is 38.8 Å². The summed E-state index contributed by atoms with van der Waals surface area (Å²) >= 11 is 3.21. The van der Waals surface area contributed by atoms with Crippen LogP contribution in [0.3, 0.4) is 0 Å². The lowest BCUT2D eigenvalue weighted by Gasteiger charge is -2.26. The predicted octanol–water partition coefficient (Wildman–Crippen LogP) is 3.62. The molecule has 2 nitrogen and oxygen atoms in total. The summed E-state index contributed by atoms with van der Waals surface area (Å²) in [7, 11) is 0. The molecule has 0 aliphatic rings. The predicted molar refractivity (Wildman–Crippen MR) is 71.3 cm³/mol. The molecule has 0 amide bonds. The van der Waals surface area contributed by atoms with Gasteiger partial charge in [0.25, 0.3) is 0 Å². The summed E-state index contributed by atoms with van der Waals surface area (Å²) in [5, 5.41) is 0. The van der Waals surface area contributed by atoms with E-state index in [-0.39, 0.29) is 11.4 Å². The highest BCUT2D eigenvalue weighted by molar-refractivity contribution is 9.10. The first-order chi connectivity index (χ1) is 8.02. The SMILES string of the molecule is CCC(N)(CC)COCc1cccc(F)c1Br. The van der Waals surface area contributed by atoms with Crippen molar-refractivity contribution >= 4 is 15.9 Å². The lowest BCUT2D eigenvalue weighted by atomic mass is 9.96. The van der Waals surface area contributed by atoms with Gasteiger partial charge in [-0.3, -0.25) is 0 Å². The summed E-state index contributed by atoms with van der Waals surface area (Å²) in [5.74, 6) is -0.268. The van der Waals surface area contributed by atoms with Crippen LogP contribution in [0.15, 0.2) is 22.7 Å². The summed E-state index contributed by atoms with van der Waals surface area (Å²) in [6, 6.07) is 4.93. The van der Waals surface area contributed by atoms with Crippen LogP contribution in [0.25, 0.3) is 0 Å². The number of benzene rings is 1. The fraction of sp³-hybridized carbons (Fsp3) is 0.538.